The number of amides is 1. The van der Waals surface area contributed by atoms with Crippen molar-refractivity contribution in [1.82, 2.24) is 10.2 Å². The average molecular weight is 230 g/mol. The van der Waals surface area contributed by atoms with Crippen LogP contribution in [0.2, 0.25) is 0 Å². The molecular weight excluding hydrogens is 212 g/mol. The number of ether oxygens (including phenoxy) is 1. The fourth-order valence-corrected chi connectivity index (χ4v) is 2.87. The highest BCUT2D eigenvalue weighted by atomic mass is 32.2. The molecule has 1 N–H and O–H groups in total. The number of thioether (sulfide) groups is 1. The van der Waals surface area contributed by atoms with Crippen LogP contribution < -0.4 is 5.32 Å². The molecule has 0 aliphatic carbocycles. The maximum absolute atomic E-state index is 12.2. The summed E-state index contributed by atoms with van der Waals surface area (Å²) in [6.07, 6.45) is 0. The number of hydrogen-bond donors (Lipinski definition) is 1. The first-order valence-corrected chi connectivity index (χ1v) is 6.60. The van der Waals surface area contributed by atoms with E-state index in [0.29, 0.717) is 13.2 Å². The first kappa shape index (κ1) is 11.2. The van der Waals surface area contributed by atoms with Gasteiger partial charge in [-0.2, -0.15) is 11.8 Å². The van der Waals surface area contributed by atoms with Crippen molar-refractivity contribution >= 4 is 17.7 Å². The van der Waals surface area contributed by atoms with E-state index >= 15 is 0 Å². The minimum atomic E-state index is -0.639. The lowest BCUT2D eigenvalue weighted by atomic mass is 10.0. The molecule has 2 fully saturated rings. The first-order valence-electron chi connectivity index (χ1n) is 5.44. The van der Waals surface area contributed by atoms with Crippen LogP contribution in [-0.4, -0.2) is 60.7 Å². The fourth-order valence-electron chi connectivity index (χ4n) is 1.96. The normalized spacial score (nSPS) is 32.7. The highest BCUT2D eigenvalue weighted by Crippen LogP contribution is 2.19. The van der Waals surface area contributed by atoms with Crippen LogP contribution in [0.25, 0.3) is 0 Å². The number of morpholine rings is 1. The van der Waals surface area contributed by atoms with Crippen LogP contribution in [0, 0.1) is 0 Å². The lowest BCUT2D eigenvalue weighted by Crippen LogP contribution is -2.59. The third kappa shape index (κ3) is 2.46. The minimum absolute atomic E-state index is 0.148. The lowest BCUT2D eigenvalue weighted by molar-refractivity contribution is -0.158. The van der Waals surface area contributed by atoms with Crippen LogP contribution >= 0.6 is 11.8 Å². The van der Waals surface area contributed by atoms with E-state index in [1.54, 1.807) is 0 Å². The van der Waals surface area contributed by atoms with E-state index in [2.05, 4.69) is 5.32 Å². The van der Waals surface area contributed by atoms with Crippen molar-refractivity contribution in [2.45, 2.75) is 12.5 Å². The highest BCUT2D eigenvalue weighted by Gasteiger charge is 2.39. The fraction of sp³-hybridized carbons (Fsp3) is 0.900. The Kier molecular flexibility index (Phi) is 3.53. The Morgan fingerprint density at radius 3 is 2.80 bits per heavy atom. The summed E-state index contributed by atoms with van der Waals surface area (Å²) >= 11 is 1.91. The molecule has 2 heterocycles. The Balaban J connectivity index is 1.98. The number of nitrogens with zero attached hydrogens (tertiary/aromatic N) is 1. The van der Waals surface area contributed by atoms with Gasteiger partial charge in [-0.1, -0.05) is 0 Å². The topological polar surface area (TPSA) is 41.6 Å². The van der Waals surface area contributed by atoms with E-state index in [1.807, 2.05) is 23.6 Å². The minimum Gasteiger partial charge on any atom is -0.363 e. The van der Waals surface area contributed by atoms with Crippen LogP contribution in [0.3, 0.4) is 0 Å². The summed E-state index contributed by atoms with van der Waals surface area (Å²) < 4.78 is 5.62. The van der Waals surface area contributed by atoms with E-state index in [-0.39, 0.29) is 5.91 Å². The van der Waals surface area contributed by atoms with Gasteiger partial charge < -0.3 is 15.0 Å². The molecule has 15 heavy (non-hydrogen) atoms. The number of carbonyl (C=O) groups is 1. The molecule has 1 atom stereocenters. The number of carbonyl (C=O) groups excluding carboxylic acids is 1. The average Bonchev–Trinajstić information content (AvgIpc) is 2.30. The van der Waals surface area contributed by atoms with Crippen molar-refractivity contribution in [2.24, 2.45) is 0 Å². The van der Waals surface area contributed by atoms with Crippen LogP contribution in [0.4, 0.5) is 0 Å². The lowest BCUT2D eigenvalue weighted by Gasteiger charge is -2.38. The van der Waals surface area contributed by atoms with Crippen LogP contribution in [0.5, 0.6) is 0 Å². The van der Waals surface area contributed by atoms with Crippen LogP contribution in [0.1, 0.15) is 6.92 Å². The van der Waals surface area contributed by atoms with Crippen molar-refractivity contribution < 1.29 is 9.53 Å². The Hall–Kier alpha value is -0.260. The molecule has 0 saturated carbocycles. The molecule has 0 radical (unpaired) electrons. The van der Waals surface area contributed by atoms with Gasteiger partial charge in [0.15, 0.2) is 5.60 Å². The molecule has 0 aromatic heterocycles. The number of nitrogens with one attached hydrogen (secondary N) is 1. The van der Waals surface area contributed by atoms with Crippen LogP contribution in [0.15, 0.2) is 0 Å². The van der Waals surface area contributed by atoms with Crippen molar-refractivity contribution in [3.8, 4) is 0 Å². The quantitative estimate of drug-likeness (QED) is 0.685. The summed E-state index contributed by atoms with van der Waals surface area (Å²) in [5.74, 6) is 2.25. The molecule has 86 valence electrons. The Labute approximate surface area is 94.7 Å². The third-order valence-electron chi connectivity index (χ3n) is 2.91. The van der Waals surface area contributed by atoms with Gasteiger partial charge in [0, 0.05) is 37.7 Å². The van der Waals surface area contributed by atoms with Crippen molar-refractivity contribution in [3.05, 3.63) is 0 Å². The Bertz CT molecular complexity index is 236. The molecule has 5 heteroatoms. The Morgan fingerprint density at radius 2 is 2.20 bits per heavy atom. The third-order valence-corrected chi connectivity index (χ3v) is 3.86. The molecule has 2 aliphatic rings. The number of rotatable bonds is 1. The van der Waals surface area contributed by atoms with E-state index in [4.69, 9.17) is 4.74 Å². The second kappa shape index (κ2) is 4.72. The molecule has 0 spiro atoms. The smallest absolute Gasteiger partial charge is 0.255 e. The van der Waals surface area contributed by atoms with Crippen molar-refractivity contribution in [2.75, 3.05) is 44.3 Å². The molecule has 2 aliphatic heterocycles. The summed E-state index contributed by atoms with van der Waals surface area (Å²) in [6, 6.07) is 0. The standard InChI is InChI=1S/C10H18N2O2S/c1-10(8-11-2-5-14-10)9(13)12-3-6-15-7-4-12/h11H,2-8H2,1H3/t10-/m0/s1. The molecule has 0 bridgehead atoms. The van der Waals surface area contributed by atoms with Gasteiger partial charge in [0.1, 0.15) is 0 Å². The molecule has 2 saturated heterocycles. The first-order chi connectivity index (χ1) is 7.22. The van der Waals surface area contributed by atoms with E-state index in [9.17, 15) is 4.79 Å². The van der Waals surface area contributed by atoms with E-state index < -0.39 is 5.60 Å². The summed E-state index contributed by atoms with van der Waals surface area (Å²) in [6.45, 7) is 5.73. The summed E-state index contributed by atoms with van der Waals surface area (Å²) in [5, 5.41) is 3.22. The SMILES string of the molecule is C[C@@]1(C(=O)N2CCSCC2)CNCCO1. The maximum Gasteiger partial charge on any atom is 0.255 e. The summed E-state index contributed by atoms with van der Waals surface area (Å²) in [7, 11) is 0. The summed E-state index contributed by atoms with van der Waals surface area (Å²) in [5.41, 5.74) is -0.639. The zero-order chi connectivity index (χ0) is 10.7. The van der Waals surface area contributed by atoms with Crippen molar-refractivity contribution in [3.63, 3.8) is 0 Å². The van der Waals surface area contributed by atoms with E-state index in [0.717, 1.165) is 31.1 Å². The van der Waals surface area contributed by atoms with Crippen LogP contribution in [-0.2, 0) is 9.53 Å². The van der Waals surface area contributed by atoms with Gasteiger partial charge in [-0.25, -0.2) is 0 Å². The number of hydrogen-bond acceptors (Lipinski definition) is 4. The molecule has 0 aromatic carbocycles. The summed E-state index contributed by atoms with van der Waals surface area (Å²) in [4.78, 5) is 14.2. The largest absolute Gasteiger partial charge is 0.363 e. The molecule has 0 aromatic rings. The second-order valence-electron chi connectivity index (χ2n) is 4.16. The van der Waals surface area contributed by atoms with Crippen molar-refractivity contribution in [1.29, 1.82) is 0 Å². The van der Waals surface area contributed by atoms with Gasteiger partial charge in [-0.3, -0.25) is 4.79 Å². The maximum atomic E-state index is 12.2. The van der Waals surface area contributed by atoms with E-state index in [1.165, 1.54) is 0 Å². The van der Waals surface area contributed by atoms with Gasteiger partial charge in [0.05, 0.1) is 6.61 Å². The molecule has 4 nitrogen and oxygen atoms in total. The van der Waals surface area contributed by atoms with Gasteiger partial charge in [0.2, 0.25) is 0 Å². The highest BCUT2D eigenvalue weighted by molar-refractivity contribution is 7.99. The van der Waals surface area contributed by atoms with Gasteiger partial charge in [0.25, 0.3) is 5.91 Å². The molecular formula is C10H18N2O2S. The molecule has 0 unspecified atom stereocenters. The predicted octanol–water partition coefficient (Wildman–Crippen LogP) is -0.0597. The predicted molar refractivity (Wildman–Crippen MR) is 61.1 cm³/mol. The molecule has 2 rings (SSSR count). The second-order valence-corrected chi connectivity index (χ2v) is 5.39. The zero-order valence-corrected chi connectivity index (χ0v) is 9.94. The van der Waals surface area contributed by atoms with Gasteiger partial charge >= 0.3 is 0 Å². The monoisotopic (exact) mass is 230 g/mol. The van der Waals surface area contributed by atoms with Gasteiger partial charge in [-0.05, 0) is 6.92 Å². The Morgan fingerprint density at radius 1 is 1.47 bits per heavy atom. The molecule has 1 amide bonds. The van der Waals surface area contributed by atoms with Gasteiger partial charge in [-0.15, -0.1) is 0 Å². The zero-order valence-electron chi connectivity index (χ0n) is 9.12.